The number of rotatable bonds is 1. The third-order valence-corrected chi connectivity index (χ3v) is 1.60. The van der Waals surface area contributed by atoms with E-state index in [2.05, 4.69) is 4.98 Å². The molecule has 0 saturated heterocycles. The Morgan fingerprint density at radius 2 is 2.00 bits per heavy atom. The van der Waals surface area contributed by atoms with E-state index in [1.54, 1.807) is 6.92 Å². The molecule has 0 bridgehead atoms. The Balaban J connectivity index is 3.10. The molecule has 0 fully saturated rings. The van der Waals surface area contributed by atoms with Crippen molar-refractivity contribution < 1.29 is 17.6 Å². The molecule has 0 unspecified atom stereocenters. The maximum absolute atomic E-state index is 12.8. The van der Waals surface area contributed by atoms with E-state index >= 15 is 0 Å². The molecule has 0 aliphatic heterocycles. The molecule has 1 nitrogen and oxygen atoms in total. The molecule has 13 heavy (non-hydrogen) atoms. The second kappa shape index (κ2) is 3.32. The number of aromatic nitrogens is 1. The Bertz CT molecular complexity index is 306. The minimum absolute atomic E-state index is 0.188. The van der Waals surface area contributed by atoms with Gasteiger partial charge in [-0.15, -0.1) is 0 Å². The molecule has 1 rings (SSSR count). The molecule has 0 saturated carbocycles. The van der Waals surface area contributed by atoms with Crippen LogP contribution >= 0.6 is 0 Å². The predicted octanol–water partition coefficient (Wildman–Crippen LogP) is 2.80. The van der Waals surface area contributed by atoms with Gasteiger partial charge in [0.15, 0.2) is 0 Å². The highest BCUT2D eigenvalue weighted by molar-refractivity contribution is 5.18. The molecule has 0 spiro atoms. The fourth-order valence-electron chi connectivity index (χ4n) is 0.874. The molecule has 72 valence electrons. The van der Waals surface area contributed by atoms with Crippen molar-refractivity contribution in [3.05, 3.63) is 29.3 Å². The Hall–Kier alpha value is -1.13. The second-order valence-electron chi connectivity index (χ2n) is 2.51. The average Bonchev–Trinajstić information content (AvgIpc) is 2.02. The Morgan fingerprint density at radius 1 is 1.38 bits per heavy atom. The Kier molecular flexibility index (Phi) is 2.54. The lowest BCUT2D eigenvalue weighted by Crippen LogP contribution is -2.09. The van der Waals surface area contributed by atoms with Crippen molar-refractivity contribution in [2.45, 2.75) is 19.5 Å². The van der Waals surface area contributed by atoms with Crippen LogP contribution in [0.4, 0.5) is 17.6 Å². The lowest BCUT2D eigenvalue weighted by molar-refractivity contribution is -0.141. The molecule has 1 heterocycles. The first-order chi connectivity index (χ1) is 5.95. The first-order valence-electron chi connectivity index (χ1n) is 3.66. The van der Waals surface area contributed by atoms with Crippen molar-refractivity contribution in [3.8, 4) is 0 Å². The largest absolute Gasteiger partial charge is 0.433 e. The van der Waals surface area contributed by atoms with Gasteiger partial charge in [0.05, 0.1) is 0 Å². The molecule has 0 atom stereocenters. The van der Waals surface area contributed by atoms with Crippen molar-refractivity contribution >= 4 is 0 Å². The number of hydrogen-bond acceptors (Lipinski definition) is 1. The van der Waals surface area contributed by atoms with E-state index in [1.165, 1.54) is 0 Å². The summed E-state index contributed by atoms with van der Waals surface area (Å²) < 4.78 is 48.8. The first kappa shape index (κ1) is 9.95. The smallest absolute Gasteiger partial charge is 0.251 e. The molecule has 0 aliphatic carbocycles. The minimum Gasteiger partial charge on any atom is -0.251 e. The summed E-state index contributed by atoms with van der Waals surface area (Å²) in [5.41, 5.74) is -1.00. The number of pyridine rings is 1. The van der Waals surface area contributed by atoms with Crippen LogP contribution in [0.2, 0.25) is 0 Å². The number of nitrogens with zero attached hydrogens (tertiary/aromatic N) is 1. The number of halogens is 4. The van der Waals surface area contributed by atoms with Gasteiger partial charge in [-0.1, -0.05) is 6.92 Å². The maximum atomic E-state index is 12.8. The van der Waals surface area contributed by atoms with Crippen LogP contribution in [0.15, 0.2) is 12.3 Å². The van der Waals surface area contributed by atoms with Gasteiger partial charge in [-0.05, 0) is 6.42 Å². The van der Waals surface area contributed by atoms with Gasteiger partial charge >= 0.3 is 6.18 Å². The molecule has 5 heteroatoms. The molecule has 0 aromatic carbocycles. The highest BCUT2D eigenvalue weighted by Crippen LogP contribution is 2.28. The molecule has 0 aliphatic rings. The summed E-state index contributed by atoms with van der Waals surface area (Å²) in [5, 5.41) is 0. The standard InChI is InChI=1S/C8H7F4N/c1-2-5-4-13-7(3-6(5)9)8(10,11)12/h3-4H,2H2,1H3. The zero-order valence-electron chi connectivity index (χ0n) is 6.82. The third-order valence-electron chi connectivity index (χ3n) is 1.60. The quantitative estimate of drug-likeness (QED) is 0.625. The van der Waals surface area contributed by atoms with Crippen LogP contribution in [-0.4, -0.2) is 4.98 Å². The molecule has 1 aromatic heterocycles. The van der Waals surface area contributed by atoms with E-state index in [9.17, 15) is 17.6 Å². The van der Waals surface area contributed by atoms with Crippen LogP contribution in [0.25, 0.3) is 0 Å². The summed E-state index contributed by atoms with van der Waals surface area (Å²) in [7, 11) is 0. The number of hydrogen-bond donors (Lipinski definition) is 0. The van der Waals surface area contributed by atoms with Crippen molar-refractivity contribution in [1.82, 2.24) is 4.98 Å². The van der Waals surface area contributed by atoms with E-state index in [-0.39, 0.29) is 5.56 Å². The monoisotopic (exact) mass is 193 g/mol. The van der Waals surface area contributed by atoms with Crippen LogP contribution in [0.1, 0.15) is 18.2 Å². The van der Waals surface area contributed by atoms with Crippen molar-refractivity contribution in [2.75, 3.05) is 0 Å². The molecule has 0 radical (unpaired) electrons. The van der Waals surface area contributed by atoms with Crippen molar-refractivity contribution in [3.63, 3.8) is 0 Å². The van der Waals surface area contributed by atoms with Gasteiger partial charge in [0, 0.05) is 17.8 Å². The first-order valence-corrected chi connectivity index (χ1v) is 3.66. The van der Waals surface area contributed by atoms with E-state index < -0.39 is 17.7 Å². The zero-order valence-corrected chi connectivity index (χ0v) is 6.82. The summed E-state index contributed by atoms with van der Waals surface area (Å²) in [4.78, 5) is 3.12. The number of aryl methyl sites for hydroxylation is 1. The van der Waals surface area contributed by atoms with Gasteiger partial charge in [-0.3, -0.25) is 4.98 Å². The molecule has 0 amide bonds. The zero-order chi connectivity index (χ0) is 10.1. The maximum Gasteiger partial charge on any atom is 0.433 e. The van der Waals surface area contributed by atoms with Crippen molar-refractivity contribution in [2.24, 2.45) is 0 Å². The van der Waals surface area contributed by atoms with Gasteiger partial charge in [-0.2, -0.15) is 13.2 Å². The predicted molar refractivity (Wildman–Crippen MR) is 38.6 cm³/mol. The molecular weight excluding hydrogens is 186 g/mol. The third kappa shape index (κ3) is 2.17. The molecular formula is C8H7F4N. The van der Waals surface area contributed by atoms with E-state index in [4.69, 9.17) is 0 Å². The van der Waals surface area contributed by atoms with Gasteiger partial charge in [0.1, 0.15) is 11.5 Å². The number of alkyl halides is 3. The van der Waals surface area contributed by atoms with Crippen LogP contribution in [0.5, 0.6) is 0 Å². The SMILES string of the molecule is CCc1cnc(C(F)(F)F)cc1F. The average molecular weight is 193 g/mol. The van der Waals surface area contributed by atoms with Crippen LogP contribution in [0.3, 0.4) is 0 Å². The summed E-state index contributed by atoms with van der Waals surface area (Å²) in [6.07, 6.45) is -3.33. The fourth-order valence-corrected chi connectivity index (χ4v) is 0.874. The Morgan fingerprint density at radius 3 is 2.38 bits per heavy atom. The van der Waals surface area contributed by atoms with E-state index in [0.717, 1.165) is 6.20 Å². The summed E-state index contributed by atoms with van der Waals surface area (Å²) in [6, 6.07) is 0.416. The lowest BCUT2D eigenvalue weighted by Gasteiger charge is -2.06. The topological polar surface area (TPSA) is 12.9 Å². The van der Waals surface area contributed by atoms with Crippen LogP contribution in [0, 0.1) is 5.82 Å². The van der Waals surface area contributed by atoms with Gasteiger partial charge in [0.25, 0.3) is 0 Å². The lowest BCUT2D eigenvalue weighted by atomic mass is 10.2. The normalized spacial score (nSPS) is 11.8. The van der Waals surface area contributed by atoms with Gasteiger partial charge in [-0.25, -0.2) is 4.39 Å². The van der Waals surface area contributed by atoms with Crippen LogP contribution in [-0.2, 0) is 12.6 Å². The van der Waals surface area contributed by atoms with E-state index in [0.29, 0.717) is 12.5 Å². The second-order valence-corrected chi connectivity index (χ2v) is 2.51. The minimum atomic E-state index is -4.58. The Labute approximate surface area is 72.4 Å². The van der Waals surface area contributed by atoms with Crippen molar-refractivity contribution in [1.29, 1.82) is 0 Å². The molecule has 0 N–H and O–H groups in total. The van der Waals surface area contributed by atoms with Gasteiger partial charge in [0.2, 0.25) is 0 Å². The van der Waals surface area contributed by atoms with Gasteiger partial charge < -0.3 is 0 Å². The van der Waals surface area contributed by atoms with Crippen LogP contribution < -0.4 is 0 Å². The molecule has 1 aromatic rings. The summed E-state index contributed by atoms with van der Waals surface area (Å²) >= 11 is 0. The van der Waals surface area contributed by atoms with E-state index in [1.807, 2.05) is 0 Å². The highest BCUT2D eigenvalue weighted by atomic mass is 19.4. The highest BCUT2D eigenvalue weighted by Gasteiger charge is 2.32. The summed E-state index contributed by atoms with van der Waals surface area (Å²) in [6.45, 7) is 1.65. The summed E-state index contributed by atoms with van der Waals surface area (Å²) in [5.74, 6) is -0.857. The fraction of sp³-hybridized carbons (Fsp3) is 0.375.